The van der Waals surface area contributed by atoms with Crippen LogP contribution in [0.15, 0.2) is 18.2 Å². The van der Waals surface area contributed by atoms with Crippen LogP contribution in [-0.4, -0.2) is 12.4 Å². The average Bonchev–Trinajstić information content (AvgIpc) is 2.36. The van der Waals surface area contributed by atoms with Gasteiger partial charge in [0.15, 0.2) is 0 Å². The second-order valence-corrected chi connectivity index (χ2v) is 4.95. The topological polar surface area (TPSA) is 9.23 Å². The van der Waals surface area contributed by atoms with E-state index in [-0.39, 0.29) is 10.4 Å². The summed E-state index contributed by atoms with van der Waals surface area (Å²) in [5.74, 6) is 0.824. The van der Waals surface area contributed by atoms with Gasteiger partial charge in [-0.05, 0) is 30.7 Å². The Labute approximate surface area is 113 Å². The Morgan fingerprint density at radius 3 is 2.47 bits per heavy atom. The lowest BCUT2D eigenvalue weighted by atomic mass is 9.85. The summed E-state index contributed by atoms with van der Waals surface area (Å²) in [6, 6.07) is 4.50. The van der Waals surface area contributed by atoms with Gasteiger partial charge in [0.05, 0.1) is 11.6 Å². The molecule has 1 nitrogen and oxygen atoms in total. The van der Waals surface area contributed by atoms with Crippen LogP contribution >= 0.6 is 24.2 Å². The molecular formula is C13H18ClFOS. The Hall–Kier alpha value is -0.410. The van der Waals surface area contributed by atoms with Crippen molar-refractivity contribution in [3.05, 3.63) is 29.0 Å². The van der Waals surface area contributed by atoms with Crippen LogP contribution in [0.3, 0.4) is 0 Å². The van der Waals surface area contributed by atoms with Crippen LogP contribution in [0, 0.1) is 11.2 Å². The monoisotopic (exact) mass is 276 g/mol. The Morgan fingerprint density at radius 1 is 1.35 bits per heavy atom. The first-order valence-electron chi connectivity index (χ1n) is 5.75. The fourth-order valence-corrected chi connectivity index (χ4v) is 2.18. The normalized spacial score (nSPS) is 11.6. The summed E-state index contributed by atoms with van der Waals surface area (Å²) in [5.41, 5.74) is 0.0548. The summed E-state index contributed by atoms with van der Waals surface area (Å²) >= 11 is 9.98. The Bertz CT molecular complexity index is 358. The average molecular weight is 277 g/mol. The van der Waals surface area contributed by atoms with Crippen molar-refractivity contribution in [2.45, 2.75) is 26.7 Å². The Morgan fingerprint density at radius 2 is 2.00 bits per heavy atom. The van der Waals surface area contributed by atoms with Crippen molar-refractivity contribution in [1.82, 2.24) is 0 Å². The van der Waals surface area contributed by atoms with Gasteiger partial charge in [-0.15, -0.1) is 0 Å². The largest absolute Gasteiger partial charge is 0.493 e. The van der Waals surface area contributed by atoms with E-state index in [0.29, 0.717) is 12.4 Å². The van der Waals surface area contributed by atoms with E-state index >= 15 is 0 Å². The molecule has 0 aliphatic heterocycles. The maximum Gasteiger partial charge on any atom is 0.145 e. The number of hydrogen-bond donors (Lipinski definition) is 1. The lowest BCUT2D eigenvalue weighted by Crippen LogP contribution is -2.29. The van der Waals surface area contributed by atoms with E-state index in [1.165, 1.54) is 12.1 Å². The molecule has 96 valence electrons. The van der Waals surface area contributed by atoms with Crippen LogP contribution in [0.1, 0.15) is 26.7 Å². The zero-order valence-electron chi connectivity index (χ0n) is 10.2. The zero-order valence-corrected chi connectivity index (χ0v) is 11.8. The van der Waals surface area contributed by atoms with Crippen LogP contribution < -0.4 is 4.74 Å². The van der Waals surface area contributed by atoms with E-state index in [1.807, 2.05) is 0 Å². The Balaban J connectivity index is 2.68. The minimum Gasteiger partial charge on any atom is -0.493 e. The molecule has 0 heterocycles. The van der Waals surface area contributed by atoms with Crippen molar-refractivity contribution < 1.29 is 9.13 Å². The molecule has 1 rings (SSSR count). The van der Waals surface area contributed by atoms with Crippen molar-refractivity contribution >= 4 is 24.2 Å². The van der Waals surface area contributed by atoms with Crippen LogP contribution in [-0.2, 0) is 0 Å². The predicted molar refractivity (Wildman–Crippen MR) is 73.8 cm³/mol. The third-order valence-corrected chi connectivity index (χ3v) is 4.25. The van der Waals surface area contributed by atoms with Gasteiger partial charge in [-0.25, -0.2) is 4.39 Å². The number of thiol groups is 1. The molecule has 0 saturated heterocycles. The standard InChI is InChI=1S/C13H18ClFOS/c1-3-13(4-2,9-17)8-16-10-5-6-11(14)12(15)7-10/h5-7,17H,3-4,8-9H2,1-2H3. The van der Waals surface area contributed by atoms with Crippen LogP contribution in [0.25, 0.3) is 0 Å². The minimum atomic E-state index is -0.450. The fourth-order valence-electron chi connectivity index (χ4n) is 1.53. The summed E-state index contributed by atoms with van der Waals surface area (Å²) in [6.07, 6.45) is 1.98. The van der Waals surface area contributed by atoms with Gasteiger partial charge in [-0.3, -0.25) is 0 Å². The smallest absolute Gasteiger partial charge is 0.145 e. The van der Waals surface area contributed by atoms with Crippen LogP contribution in [0.4, 0.5) is 4.39 Å². The summed E-state index contributed by atoms with van der Waals surface area (Å²) in [7, 11) is 0. The summed E-state index contributed by atoms with van der Waals surface area (Å²) < 4.78 is 18.9. The molecule has 0 amide bonds. The molecule has 0 bridgehead atoms. The molecule has 0 N–H and O–H groups in total. The van der Waals surface area contributed by atoms with Crippen LogP contribution in [0.2, 0.25) is 5.02 Å². The lowest BCUT2D eigenvalue weighted by Gasteiger charge is -2.29. The van der Waals surface area contributed by atoms with E-state index in [0.717, 1.165) is 18.6 Å². The van der Waals surface area contributed by atoms with Gasteiger partial charge in [0.2, 0.25) is 0 Å². The molecule has 4 heteroatoms. The van der Waals surface area contributed by atoms with Gasteiger partial charge in [0.1, 0.15) is 11.6 Å². The number of hydrogen-bond acceptors (Lipinski definition) is 2. The third-order valence-electron chi connectivity index (χ3n) is 3.27. The van der Waals surface area contributed by atoms with Gasteiger partial charge in [0.25, 0.3) is 0 Å². The molecule has 0 unspecified atom stereocenters. The van der Waals surface area contributed by atoms with E-state index in [9.17, 15) is 4.39 Å². The first kappa shape index (κ1) is 14.7. The first-order chi connectivity index (χ1) is 8.06. The molecule has 17 heavy (non-hydrogen) atoms. The maximum absolute atomic E-state index is 13.2. The summed E-state index contributed by atoms with van der Waals surface area (Å²) in [6.45, 7) is 4.78. The highest BCUT2D eigenvalue weighted by molar-refractivity contribution is 7.80. The third kappa shape index (κ3) is 3.78. The van der Waals surface area contributed by atoms with Crippen molar-refractivity contribution in [3.63, 3.8) is 0 Å². The highest BCUT2D eigenvalue weighted by Gasteiger charge is 2.25. The van der Waals surface area contributed by atoms with Gasteiger partial charge < -0.3 is 4.74 Å². The van der Waals surface area contributed by atoms with Crippen molar-refractivity contribution in [2.24, 2.45) is 5.41 Å². The second-order valence-electron chi connectivity index (χ2n) is 4.23. The lowest BCUT2D eigenvalue weighted by molar-refractivity contribution is 0.156. The highest BCUT2D eigenvalue weighted by Crippen LogP contribution is 2.29. The maximum atomic E-state index is 13.2. The van der Waals surface area contributed by atoms with Crippen molar-refractivity contribution in [1.29, 1.82) is 0 Å². The SMILES string of the molecule is CCC(CC)(CS)COc1ccc(Cl)c(F)c1. The van der Waals surface area contributed by atoms with Gasteiger partial charge >= 0.3 is 0 Å². The molecule has 0 saturated carbocycles. The summed E-state index contributed by atoms with van der Waals surface area (Å²) in [4.78, 5) is 0. The molecule has 0 aliphatic rings. The van der Waals surface area contributed by atoms with Crippen molar-refractivity contribution in [3.8, 4) is 5.75 Å². The number of halogens is 2. The molecule has 0 spiro atoms. The molecule has 0 aromatic heterocycles. The number of rotatable bonds is 6. The minimum absolute atomic E-state index is 0.0548. The Kier molecular flexibility index (Phi) is 5.60. The number of ether oxygens (including phenoxy) is 1. The van der Waals surface area contributed by atoms with Gasteiger partial charge in [-0.1, -0.05) is 25.4 Å². The zero-order chi connectivity index (χ0) is 12.9. The van der Waals surface area contributed by atoms with Gasteiger partial charge in [-0.2, -0.15) is 12.6 Å². The van der Waals surface area contributed by atoms with Gasteiger partial charge in [0, 0.05) is 11.5 Å². The molecule has 1 aromatic rings. The molecule has 1 aromatic carbocycles. The van der Waals surface area contributed by atoms with E-state index in [4.69, 9.17) is 16.3 Å². The van der Waals surface area contributed by atoms with E-state index < -0.39 is 5.82 Å². The molecule has 0 aliphatic carbocycles. The van der Waals surface area contributed by atoms with E-state index in [2.05, 4.69) is 26.5 Å². The first-order valence-corrected chi connectivity index (χ1v) is 6.76. The quantitative estimate of drug-likeness (QED) is 0.748. The summed E-state index contributed by atoms with van der Waals surface area (Å²) in [5, 5.41) is 0.115. The van der Waals surface area contributed by atoms with E-state index in [1.54, 1.807) is 6.07 Å². The molecule has 0 fully saturated rings. The second kappa shape index (κ2) is 6.50. The molecule has 0 atom stereocenters. The molecular weight excluding hydrogens is 259 g/mol. The fraction of sp³-hybridized carbons (Fsp3) is 0.538. The van der Waals surface area contributed by atoms with Crippen LogP contribution in [0.5, 0.6) is 5.75 Å². The van der Waals surface area contributed by atoms with Crippen molar-refractivity contribution in [2.75, 3.05) is 12.4 Å². The highest BCUT2D eigenvalue weighted by atomic mass is 35.5. The molecule has 0 radical (unpaired) electrons. The predicted octanol–water partition coefficient (Wildman–Crippen LogP) is 4.59. The number of benzene rings is 1.